The molecule has 1 N–H and O–H groups in total. The average Bonchev–Trinajstić information content (AvgIpc) is 2.34. The molecule has 1 rings (SSSR count). The van der Waals surface area contributed by atoms with Gasteiger partial charge in [-0.05, 0) is 44.0 Å². The van der Waals surface area contributed by atoms with Crippen molar-refractivity contribution in [3.63, 3.8) is 0 Å². The summed E-state index contributed by atoms with van der Waals surface area (Å²) in [5.74, 6) is 0.689. The van der Waals surface area contributed by atoms with Gasteiger partial charge in [0.2, 0.25) is 0 Å². The first kappa shape index (κ1) is 15.0. The van der Waals surface area contributed by atoms with Crippen LogP contribution in [0.5, 0.6) is 0 Å². The molecule has 0 aromatic heterocycles. The van der Waals surface area contributed by atoms with E-state index in [1.807, 2.05) is 0 Å². The van der Waals surface area contributed by atoms with Gasteiger partial charge in [0.25, 0.3) is 0 Å². The Morgan fingerprint density at radius 2 is 1.67 bits per heavy atom. The maximum absolute atomic E-state index is 3.35. The smallest absolute Gasteiger partial charge is 0.0368 e. The third kappa shape index (κ3) is 4.69. The fourth-order valence-electron chi connectivity index (χ4n) is 2.08. The lowest BCUT2D eigenvalue weighted by atomic mass is 10.1. The zero-order valence-electron chi connectivity index (χ0n) is 12.5. The second-order valence-electron chi connectivity index (χ2n) is 5.59. The molecule has 1 aromatic carbocycles. The molecule has 0 aliphatic heterocycles. The fourth-order valence-corrected chi connectivity index (χ4v) is 2.08. The predicted octanol–water partition coefficient (Wildman–Crippen LogP) is 3.67. The zero-order chi connectivity index (χ0) is 13.5. The van der Waals surface area contributed by atoms with Crippen LogP contribution in [0.3, 0.4) is 0 Å². The third-order valence-corrected chi connectivity index (χ3v) is 3.03. The van der Waals surface area contributed by atoms with Crippen LogP contribution >= 0.6 is 0 Å². The number of nitrogens with zero attached hydrogens (tertiary/aromatic N) is 1. The summed E-state index contributed by atoms with van der Waals surface area (Å²) in [6.07, 6.45) is 0. The van der Waals surface area contributed by atoms with E-state index < -0.39 is 0 Å². The van der Waals surface area contributed by atoms with Crippen molar-refractivity contribution >= 4 is 5.69 Å². The first-order valence-electron chi connectivity index (χ1n) is 7.10. The highest BCUT2D eigenvalue weighted by Crippen LogP contribution is 2.19. The number of benzene rings is 1. The van der Waals surface area contributed by atoms with E-state index in [9.17, 15) is 0 Å². The summed E-state index contributed by atoms with van der Waals surface area (Å²) in [6.45, 7) is 14.3. The van der Waals surface area contributed by atoms with Gasteiger partial charge in [0.15, 0.2) is 0 Å². The normalized spacial score (nSPS) is 11.3. The second kappa shape index (κ2) is 7.42. The molecule has 0 spiro atoms. The van der Waals surface area contributed by atoms with E-state index in [4.69, 9.17) is 0 Å². The second-order valence-corrected chi connectivity index (χ2v) is 5.59. The maximum Gasteiger partial charge on any atom is 0.0368 e. The van der Waals surface area contributed by atoms with Crippen LogP contribution < -0.4 is 10.2 Å². The minimum Gasteiger partial charge on any atom is -0.369 e. The maximum atomic E-state index is 3.35. The van der Waals surface area contributed by atoms with E-state index in [0.717, 1.165) is 19.6 Å². The van der Waals surface area contributed by atoms with Crippen LogP contribution in [-0.4, -0.2) is 19.1 Å². The van der Waals surface area contributed by atoms with Gasteiger partial charge in [-0.15, -0.1) is 0 Å². The summed E-state index contributed by atoms with van der Waals surface area (Å²) in [4.78, 5) is 2.47. The van der Waals surface area contributed by atoms with Gasteiger partial charge in [0.1, 0.15) is 0 Å². The Hall–Kier alpha value is -1.02. The number of hydrogen-bond donors (Lipinski definition) is 1. The summed E-state index contributed by atoms with van der Waals surface area (Å²) < 4.78 is 0. The average molecular weight is 248 g/mol. The highest BCUT2D eigenvalue weighted by Gasteiger charge is 2.11. The fraction of sp³-hybridized carbons (Fsp3) is 0.625. The van der Waals surface area contributed by atoms with Crippen molar-refractivity contribution in [1.82, 2.24) is 5.32 Å². The van der Waals surface area contributed by atoms with E-state index in [1.165, 1.54) is 11.3 Å². The molecule has 0 unspecified atom stereocenters. The molecule has 102 valence electrons. The van der Waals surface area contributed by atoms with Gasteiger partial charge in [-0.3, -0.25) is 0 Å². The molecule has 0 bridgehead atoms. The van der Waals surface area contributed by atoms with Crippen LogP contribution in [0.2, 0.25) is 0 Å². The highest BCUT2D eigenvalue weighted by molar-refractivity contribution is 5.48. The van der Waals surface area contributed by atoms with Crippen molar-refractivity contribution in [2.45, 2.75) is 47.2 Å². The molecule has 1 aromatic rings. The number of hydrogen-bond acceptors (Lipinski definition) is 2. The van der Waals surface area contributed by atoms with Gasteiger partial charge >= 0.3 is 0 Å². The van der Waals surface area contributed by atoms with E-state index >= 15 is 0 Å². The molecule has 2 heteroatoms. The van der Waals surface area contributed by atoms with Crippen molar-refractivity contribution in [2.24, 2.45) is 5.92 Å². The molecule has 18 heavy (non-hydrogen) atoms. The number of rotatable bonds is 7. The molecule has 0 aliphatic rings. The van der Waals surface area contributed by atoms with Gasteiger partial charge < -0.3 is 10.2 Å². The topological polar surface area (TPSA) is 15.3 Å². The summed E-state index contributed by atoms with van der Waals surface area (Å²) >= 11 is 0. The predicted molar refractivity (Wildman–Crippen MR) is 81.1 cm³/mol. The van der Waals surface area contributed by atoms with E-state index in [-0.39, 0.29) is 0 Å². The first-order valence-corrected chi connectivity index (χ1v) is 7.10. The minimum atomic E-state index is 0.548. The summed E-state index contributed by atoms with van der Waals surface area (Å²) in [5, 5.41) is 3.35. The molecular formula is C16H28N2. The molecule has 0 aliphatic carbocycles. The van der Waals surface area contributed by atoms with Gasteiger partial charge in [-0.2, -0.15) is 0 Å². The Bertz CT molecular complexity index is 327. The van der Waals surface area contributed by atoms with Crippen LogP contribution in [-0.2, 0) is 6.54 Å². The van der Waals surface area contributed by atoms with E-state index in [0.29, 0.717) is 12.0 Å². The van der Waals surface area contributed by atoms with Crippen LogP contribution in [0.15, 0.2) is 24.3 Å². The molecule has 0 atom stereocenters. The van der Waals surface area contributed by atoms with Crippen LogP contribution in [0.1, 0.15) is 40.2 Å². The van der Waals surface area contributed by atoms with Gasteiger partial charge in [0, 0.05) is 24.8 Å². The number of nitrogens with one attached hydrogen (secondary N) is 1. The molecule has 0 amide bonds. The van der Waals surface area contributed by atoms with Crippen molar-refractivity contribution in [3.05, 3.63) is 29.8 Å². The zero-order valence-corrected chi connectivity index (χ0v) is 12.5. The van der Waals surface area contributed by atoms with E-state index in [2.05, 4.69) is 69.1 Å². The molecule has 0 fully saturated rings. The van der Waals surface area contributed by atoms with Crippen LogP contribution in [0.4, 0.5) is 5.69 Å². The lowest BCUT2D eigenvalue weighted by Crippen LogP contribution is -2.34. The van der Waals surface area contributed by atoms with Gasteiger partial charge in [-0.25, -0.2) is 0 Å². The largest absolute Gasteiger partial charge is 0.369 e. The van der Waals surface area contributed by atoms with Crippen molar-refractivity contribution in [2.75, 3.05) is 18.0 Å². The van der Waals surface area contributed by atoms with Crippen LogP contribution in [0, 0.1) is 5.92 Å². The van der Waals surface area contributed by atoms with Gasteiger partial charge in [0.05, 0.1) is 0 Å². The Balaban J connectivity index is 2.74. The standard InChI is InChI=1S/C16H28N2/c1-6-17-11-15-7-9-16(10-8-15)18(14(4)5)12-13(2)3/h7-10,13-14,17H,6,11-12H2,1-5H3. The van der Waals surface area contributed by atoms with Crippen molar-refractivity contribution in [1.29, 1.82) is 0 Å². The van der Waals surface area contributed by atoms with E-state index in [1.54, 1.807) is 0 Å². The molecule has 2 nitrogen and oxygen atoms in total. The lowest BCUT2D eigenvalue weighted by molar-refractivity contribution is 0.571. The molecule has 0 radical (unpaired) electrons. The number of anilines is 1. The quantitative estimate of drug-likeness (QED) is 0.792. The molecule has 0 heterocycles. The molecular weight excluding hydrogens is 220 g/mol. The molecule has 0 saturated heterocycles. The Morgan fingerprint density at radius 1 is 1.06 bits per heavy atom. The highest BCUT2D eigenvalue weighted by atomic mass is 15.1. The minimum absolute atomic E-state index is 0.548. The monoisotopic (exact) mass is 248 g/mol. The Morgan fingerprint density at radius 3 is 2.11 bits per heavy atom. The first-order chi connectivity index (χ1) is 8.54. The Kier molecular flexibility index (Phi) is 6.20. The lowest BCUT2D eigenvalue weighted by Gasteiger charge is -2.31. The molecule has 0 saturated carbocycles. The van der Waals surface area contributed by atoms with Crippen molar-refractivity contribution < 1.29 is 0 Å². The summed E-state index contributed by atoms with van der Waals surface area (Å²) in [6, 6.07) is 9.50. The SMILES string of the molecule is CCNCc1ccc(N(CC(C)C)C(C)C)cc1. The Labute approximate surface area is 112 Å². The van der Waals surface area contributed by atoms with Crippen molar-refractivity contribution in [3.8, 4) is 0 Å². The van der Waals surface area contributed by atoms with Gasteiger partial charge in [-0.1, -0.05) is 32.9 Å². The third-order valence-electron chi connectivity index (χ3n) is 3.03. The summed E-state index contributed by atoms with van der Waals surface area (Å²) in [7, 11) is 0. The summed E-state index contributed by atoms with van der Waals surface area (Å²) in [5.41, 5.74) is 2.69. The van der Waals surface area contributed by atoms with Crippen LogP contribution in [0.25, 0.3) is 0 Å².